The number of ether oxygens (including phenoxy) is 3. The summed E-state index contributed by atoms with van der Waals surface area (Å²) in [5, 5.41) is 0.358. The third-order valence-electron chi connectivity index (χ3n) is 4.87. The Hall–Kier alpha value is -2.88. The van der Waals surface area contributed by atoms with Gasteiger partial charge in [0.2, 0.25) is 5.90 Å². The van der Waals surface area contributed by atoms with Gasteiger partial charge in [0.05, 0.1) is 22.7 Å². The van der Waals surface area contributed by atoms with E-state index >= 15 is 0 Å². The van der Waals surface area contributed by atoms with Crippen molar-refractivity contribution in [3.05, 3.63) is 96.2 Å². The van der Waals surface area contributed by atoms with E-state index in [0.717, 1.165) is 9.13 Å². The molecule has 9 heteroatoms. The van der Waals surface area contributed by atoms with E-state index in [9.17, 15) is 9.59 Å². The molecule has 0 amide bonds. The van der Waals surface area contributed by atoms with E-state index in [2.05, 4.69) is 27.6 Å². The van der Waals surface area contributed by atoms with Gasteiger partial charge in [-0.1, -0.05) is 35.3 Å². The van der Waals surface area contributed by atoms with Crippen molar-refractivity contribution in [3.63, 3.8) is 0 Å². The molecule has 34 heavy (non-hydrogen) atoms. The Balaban J connectivity index is 1.64. The van der Waals surface area contributed by atoms with Crippen LogP contribution in [0, 0.1) is 10.5 Å². The molecular formula is C25H16Cl2INO5. The fourth-order valence-corrected chi connectivity index (χ4v) is 3.97. The molecule has 3 aromatic rings. The highest BCUT2D eigenvalue weighted by Crippen LogP contribution is 2.38. The number of aryl methyl sites for hydroxylation is 1. The van der Waals surface area contributed by atoms with Crippen molar-refractivity contribution >= 4 is 69.7 Å². The molecule has 0 aromatic heterocycles. The van der Waals surface area contributed by atoms with E-state index < -0.39 is 11.9 Å². The van der Waals surface area contributed by atoms with Gasteiger partial charge in [-0.15, -0.1) is 0 Å². The summed E-state index contributed by atoms with van der Waals surface area (Å²) in [7, 11) is 1.41. The number of cyclic esters (lactones) is 1. The minimum absolute atomic E-state index is 0.0313. The fraction of sp³-hybridized carbons (Fsp3) is 0.0800. The third kappa shape index (κ3) is 5.11. The molecule has 1 aliphatic rings. The number of esters is 2. The van der Waals surface area contributed by atoms with E-state index in [1.165, 1.54) is 19.3 Å². The smallest absolute Gasteiger partial charge is 0.363 e. The Kier molecular flexibility index (Phi) is 7.25. The maximum absolute atomic E-state index is 12.6. The second kappa shape index (κ2) is 10.2. The van der Waals surface area contributed by atoms with Gasteiger partial charge in [0.1, 0.15) is 0 Å². The van der Waals surface area contributed by atoms with Crippen molar-refractivity contribution in [2.24, 2.45) is 4.99 Å². The van der Waals surface area contributed by atoms with Gasteiger partial charge in [-0.05, 0) is 89.2 Å². The van der Waals surface area contributed by atoms with Gasteiger partial charge in [0.25, 0.3) is 0 Å². The molecule has 0 saturated carbocycles. The minimum Gasteiger partial charge on any atom is -0.493 e. The summed E-state index contributed by atoms with van der Waals surface area (Å²) < 4.78 is 17.3. The van der Waals surface area contributed by atoms with Crippen molar-refractivity contribution in [2.75, 3.05) is 7.11 Å². The van der Waals surface area contributed by atoms with Gasteiger partial charge in [0.15, 0.2) is 17.2 Å². The van der Waals surface area contributed by atoms with Gasteiger partial charge >= 0.3 is 11.9 Å². The highest BCUT2D eigenvalue weighted by molar-refractivity contribution is 14.1. The highest BCUT2D eigenvalue weighted by atomic mass is 127. The largest absolute Gasteiger partial charge is 0.493 e. The van der Waals surface area contributed by atoms with Crippen LogP contribution in [-0.4, -0.2) is 24.9 Å². The normalized spacial score (nSPS) is 14.1. The lowest BCUT2D eigenvalue weighted by Crippen LogP contribution is -2.10. The molecule has 0 bridgehead atoms. The number of aliphatic imine (C=N–C) groups is 1. The molecule has 172 valence electrons. The van der Waals surface area contributed by atoms with E-state index in [1.807, 2.05) is 25.1 Å². The number of hydrogen-bond acceptors (Lipinski definition) is 6. The van der Waals surface area contributed by atoms with Gasteiger partial charge in [-0.25, -0.2) is 14.6 Å². The summed E-state index contributed by atoms with van der Waals surface area (Å²) in [5.41, 5.74) is 2.55. The average Bonchev–Trinajstić information content (AvgIpc) is 3.17. The quantitative estimate of drug-likeness (QED) is 0.144. The van der Waals surface area contributed by atoms with E-state index in [0.29, 0.717) is 11.1 Å². The van der Waals surface area contributed by atoms with Gasteiger partial charge in [-0.2, -0.15) is 0 Å². The van der Waals surface area contributed by atoms with Crippen LogP contribution in [0.1, 0.15) is 27.0 Å². The second-order valence-corrected chi connectivity index (χ2v) is 9.18. The summed E-state index contributed by atoms with van der Waals surface area (Å²) >= 11 is 14.7. The summed E-state index contributed by atoms with van der Waals surface area (Å²) in [6, 6.07) is 15.3. The maximum atomic E-state index is 12.6. The number of carbonyl (C=O) groups excluding carboxylic acids is 2. The van der Waals surface area contributed by atoms with Crippen molar-refractivity contribution < 1.29 is 23.8 Å². The molecule has 0 aliphatic carbocycles. The lowest BCUT2D eigenvalue weighted by molar-refractivity contribution is -0.129. The molecular weight excluding hydrogens is 592 g/mol. The van der Waals surface area contributed by atoms with E-state index in [1.54, 1.807) is 30.3 Å². The average molecular weight is 608 g/mol. The number of benzene rings is 3. The van der Waals surface area contributed by atoms with Crippen LogP contribution in [0.2, 0.25) is 10.0 Å². The standard InChI is InChI=1S/C25H16Cl2INO5/c1-13-9-15(7-8-19(13)28)23-29-20(25(31)34-23)11-14-10-18(27)22(21(12-14)32-2)33-24(30)16-5-3-4-6-17(16)26/h3-12H,1-2H3/b20-11-. The lowest BCUT2D eigenvalue weighted by atomic mass is 10.1. The lowest BCUT2D eigenvalue weighted by Gasteiger charge is -2.12. The number of halogens is 3. The first-order valence-electron chi connectivity index (χ1n) is 9.90. The third-order valence-corrected chi connectivity index (χ3v) is 6.69. The number of rotatable bonds is 5. The van der Waals surface area contributed by atoms with Crippen molar-refractivity contribution in [2.45, 2.75) is 6.92 Å². The van der Waals surface area contributed by atoms with Crippen LogP contribution in [0.5, 0.6) is 11.5 Å². The summed E-state index contributed by atoms with van der Waals surface area (Å²) in [4.78, 5) is 29.3. The zero-order chi connectivity index (χ0) is 24.4. The summed E-state index contributed by atoms with van der Waals surface area (Å²) in [6.07, 6.45) is 1.52. The van der Waals surface area contributed by atoms with Crippen LogP contribution in [-0.2, 0) is 9.53 Å². The van der Waals surface area contributed by atoms with Crippen LogP contribution in [0.3, 0.4) is 0 Å². The highest BCUT2D eigenvalue weighted by Gasteiger charge is 2.25. The predicted molar refractivity (Wildman–Crippen MR) is 139 cm³/mol. The molecule has 6 nitrogen and oxygen atoms in total. The first-order chi connectivity index (χ1) is 16.3. The predicted octanol–water partition coefficient (Wildman–Crippen LogP) is 6.48. The zero-order valence-corrected chi connectivity index (χ0v) is 21.6. The molecule has 4 rings (SSSR count). The summed E-state index contributed by atoms with van der Waals surface area (Å²) in [5.74, 6) is -0.819. The zero-order valence-electron chi connectivity index (χ0n) is 17.9. The monoisotopic (exact) mass is 607 g/mol. The number of carbonyl (C=O) groups is 2. The van der Waals surface area contributed by atoms with Crippen molar-refractivity contribution in [1.82, 2.24) is 0 Å². The van der Waals surface area contributed by atoms with Crippen LogP contribution >= 0.6 is 45.8 Å². The second-order valence-electron chi connectivity index (χ2n) is 7.20. The molecule has 1 heterocycles. The van der Waals surface area contributed by atoms with E-state index in [-0.39, 0.29) is 38.7 Å². The Bertz CT molecular complexity index is 1380. The molecule has 3 aromatic carbocycles. The summed E-state index contributed by atoms with van der Waals surface area (Å²) in [6.45, 7) is 1.97. The van der Waals surface area contributed by atoms with Gasteiger partial charge in [0, 0.05) is 9.13 Å². The molecule has 0 spiro atoms. The van der Waals surface area contributed by atoms with Crippen molar-refractivity contribution in [3.8, 4) is 11.5 Å². The van der Waals surface area contributed by atoms with Gasteiger partial charge in [-0.3, -0.25) is 0 Å². The molecule has 0 atom stereocenters. The first kappa shape index (κ1) is 24.3. The molecule has 1 aliphatic heterocycles. The Morgan fingerprint density at radius 3 is 2.56 bits per heavy atom. The minimum atomic E-state index is -0.682. The van der Waals surface area contributed by atoms with Crippen LogP contribution in [0.15, 0.2) is 65.3 Å². The topological polar surface area (TPSA) is 74.2 Å². The number of hydrogen-bond donors (Lipinski definition) is 0. The van der Waals surface area contributed by atoms with E-state index in [4.69, 9.17) is 37.4 Å². The molecule has 0 N–H and O–H groups in total. The molecule has 0 radical (unpaired) electrons. The SMILES string of the molecule is COc1cc(/C=C2\N=C(c3ccc(I)c(C)c3)OC2=O)cc(Cl)c1OC(=O)c1ccccc1Cl. The first-order valence-corrected chi connectivity index (χ1v) is 11.7. The Morgan fingerprint density at radius 2 is 1.85 bits per heavy atom. The van der Waals surface area contributed by atoms with Gasteiger partial charge < -0.3 is 14.2 Å². The maximum Gasteiger partial charge on any atom is 0.363 e. The van der Waals surface area contributed by atoms with Crippen molar-refractivity contribution in [1.29, 1.82) is 0 Å². The molecule has 0 fully saturated rings. The Labute approximate surface area is 219 Å². The fourth-order valence-electron chi connectivity index (χ4n) is 3.16. The van der Waals surface area contributed by atoms with Crippen LogP contribution < -0.4 is 9.47 Å². The Morgan fingerprint density at radius 1 is 1.09 bits per heavy atom. The number of methoxy groups -OCH3 is 1. The number of nitrogens with zero attached hydrogens (tertiary/aromatic N) is 1. The van der Waals surface area contributed by atoms with Crippen LogP contribution in [0.4, 0.5) is 0 Å². The molecule has 0 unspecified atom stereocenters. The van der Waals surface area contributed by atoms with Crippen LogP contribution in [0.25, 0.3) is 6.08 Å². The molecule has 0 saturated heterocycles.